The maximum absolute atomic E-state index is 13.4. The number of benzene rings is 3. The van der Waals surface area contributed by atoms with Crippen LogP contribution in [0.25, 0.3) is 11.1 Å². The number of nitro benzene ring substituents is 1. The number of hydrogen-bond acceptors (Lipinski definition) is 7. The Bertz CT molecular complexity index is 1510. The Hall–Kier alpha value is -4.17. The third-order valence-electron chi connectivity index (χ3n) is 5.46. The Morgan fingerprint density at radius 2 is 1.64 bits per heavy atom. The summed E-state index contributed by atoms with van der Waals surface area (Å²) in [7, 11) is -3.75. The van der Waals surface area contributed by atoms with E-state index in [1.54, 1.807) is 12.1 Å². The molecule has 1 aliphatic rings. The molecule has 3 aromatic carbocycles. The molecule has 10 nitrogen and oxygen atoms in total. The molecule has 0 fully saturated rings. The second-order valence-electron chi connectivity index (χ2n) is 7.80. The molecule has 3 aromatic rings. The Morgan fingerprint density at radius 3 is 2.25 bits per heavy atom. The van der Waals surface area contributed by atoms with Crippen molar-refractivity contribution in [2.24, 2.45) is 5.14 Å². The van der Waals surface area contributed by atoms with Gasteiger partial charge in [0.25, 0.3) is 5.91 Å². The first-order valence-corrected chi connectivity index (χ1v) is 11.7. The number of nitro groups is 1. The number of nitrogens with one attached hydrogen (secondary N) is 2. The minimum atomic E-state index is -5.17. The summed E-state index contributed by atoms with van der Waals surface area (Å²) in [5.41, 5.74) is 0.809. The van der Waals surface area contributed by atoms with Crippen molar-refractivity contribution in [3.05, 3.63) is 75.8 Å². The van der Waals surface area contributed by atoms with Gasteiger partial charge < -0.3 is 15.4 Å². The Labute approximate surface area is 202 Å². The molecule has 0 aliphatic carbocycles. The van der Waals surface area contributed by atoms with Gasteiger partial charge in [0.2, 0.25) is 10.0 Å². The number of nitrogens with zero attached hydrogens (tertiary/aromatic N) is 1. The number of primary sulfonamides is 1. The second-order valence-corrected chi connectivity index (χ2v) is 9.45. The van der Waals surface area contributed by atoms with Crippen LogP contribution in [0, 0.1) is 10.1 Å². The molecule has 4 N–H and O–H groups in total. The molecule has 1 aliphatic heterocycles. The Balaban J connectivity index is 1.75. The standard InChI is InChI=1S/C22H17F3N4O6S/c1-35-19-10-12(4-7-18(19)29(31)32)11-2-5-14-16(8-11)27-15-6-3-13(9-17(15)28-21(14)30)20(22(23,24)25)36(26,33)34/h2-10,20,27H,1H3,(H,28,30)(H2,26,33,34). The van der Waals surface area contributed by atoms with Crippen molar-refractivity contribution in [1.82, 2.24) is 0 Å². The van der Waals surface area contributed by atoms with Gasteiger partial charge in [0.1, 0.15) is 0 Å². The SMILES string of the molecule is COc1cc(-c2ccc3c(c2)Nc2ccc(C(C(F)(F)F)S(N)(=O)=O)cc2NC3=O)ccc1[N+](=O)[O-]. The predicted molar refractivity (Wildman–Crippen MR) is 125 cm³/mol. The lowest BCUT2D eigenvalue weighted by Gasteiger charge is -2.20. The van der Waals surface area contributed by atoms with Gasteiger partial charge in [-0.1, -0.05) is 12.1 Å². The highest BCUT2D eigenvalue weighted by Gasteiger charge is 2.48. The van der Waals surface area contributed by atoms with Crippen LogP contribution >= 0.6 is 0 Å². The summed E-state index contributed by atoms with van der Waals surface area (Å²) < 4.78 is 68.7. The van der Waals surface area contributed by atoms with Crippen LogP contribution in [0.1, 0.15) is 21.2 Å². The summed E-state index contributed by atoms with van der Waals surface area (Å²) in [6.07, 6.45) is -5.17. The first kappa shape index (κ1) is 24.9. The zero-order chi connectivity index (χ0) is 26.4. The van der Waals surface area contributed by atoms with Gasteiger partial charge in [-0.25, -0.2) is 13.6 Å². The lowest BCUT2D eigenvalue weighted by atomic mass is 10.0. The third-order valence-corrected chi connectivity index (χ3v) is 6.66. The molecular formula is C22H17F3N4O6S. The van der Waals surface area contributed by atoms with Crippen LogP contribution in [0.4, 0.5) is 35.9 Å². The van der Waals surface area contributed by atoms with Gasteiger partial charge in [-0.15, -0.1) is 0 Å². The number of carbonyl (C=O) groups is 1. The van der Waals surface area contributed by atoms with Crippen molar-refractivity contribution >= 4 is 38.7 Å². The highest BCUT2D eigenvalue weighted by molar-refractivity contribution is 7.89. The molecule has 188 valence electrons. The molecule has 0 bridgehead atoms. The average Bonchev–Trinajstić information content (AvgIpc) is 2.91. The van der Waals surface area contributed by atoms with E-state index in [2.05, 4.69) is 10.6 Å². The highest BCUT2D eigenvalue weighted by atomic mass is 32.2. The van der Waals surface area contributed by atoms with Crippen molar-refractivity contribution in [3.63, 3.8) is 0 Å². The molecule has 0 spiro atoms. The zero-order valence-electron chi connectivity index (χ0n) is 18.3. The summed E-state index contributed by atoms with van der Waals surface area (Å²) in [5, 5.41) is 18.4. The number of methoxy groups -OCH3 is 1. The van der Waals surface area contributed by atoms with Crippen LogP contribution in [-0.4, -0.2) is 32.5 Å². The summed E-state index contributed by atoms with van der Waals surface area (Å²) in [4.78, 5) is 23.4. The van der Waals surface area contributed by atoms with Crippen molar-refractivity contribution in [2.45, 2.75) is 11.4 Å². The van der Waals surface area contributed by atoms with E-state index in [9.17, 15) is 36.5 Å². The first-order chi connectivity index (χ1) is 16.8. The lowest BCUT2D eigenvalue weighted by molar-refractivity contribution is -0.385. The molecule has 1 heterocycles. The zero-order valence-corrected chi connectivity index (χ0v) is 19.1. The van der Waals surface area contributed by atoms with Crippen molar-refractivity contribution in [2.75, 3.05) is 17.7 Å². The largest absolute Gasteiger partial charge is 0.490 e. The number of nitrogens with two attached hydrogens (primary N) is 1. The van der Waals surface area contributed by atoms with E-state index in [1.807, 2.05) is 0 Å². The fourth-order valence-corrected chi connectivity index (χ4v) is 4.77. The van der Waals surface area contributed by atoms with Crippen LogP contribution in [0.3, 0.4) is 0 Å². The molecule has 1 unspecified atom stereocenters. The fourth-order valence-electron chi connectivity index (χ4n) is 3.87. The summed E-state index contributed by atoms with van der Waals surface area (Å²) >= 11 is 0. The van der Waals surface area contributed by atoms with Gasteiger partial charge in [-0.05, 0) is 53.1 Å². The van der Waals surface area contributed by atoms with Crippen LogP contribution in [0.2, 0.25) is 0 Å². The fraction of sp³-hybridized carbons (Fsp3) is 0.136. The van der Waals surface area contributed by atoms with Gasteiger partial charge in [0.15, 0.2) is 11.0 Å². The van der Waals surface area contributed by atoms with E-state index in [-0.39, 0.29) is 28.4 Å². The van der Waals surface area contributed by atoms with Crippen molar-refractivity contribution in [3.8, 4) is 16.9 Å². The summed E-state index contributed by atoms with van der Waals surface area (Å²) in [5.74, 6) is -0.620. The lowest BCUT2D eigenvalue weighted by Crippen LogP contribution is -2.33. The van der Waals surface area contributed by atoms with Crippen LogP contribution in [0.15, 0.2) is 54.6 Å². The van der Waals surface area contributed by atoms with E-state index in [0.29, 0.717) is 16.8 Å². The molecule has 0 radical (unpaired) electrons. The number of fused-ring (bicyclic) bond motifs is 2. The van der Waals surface area contributed by atoms with Gasteiger partial charge in [-0.3, -0.25) is 14.9 Å². The molecule has 0 aromatic heterocycles. The minimum absolute atomic E-state index is 0.0325. The molecule has 0 saturated carbocycles. The Morgan fingerprint density at radius 1 is 0.972 bits per heavy atom. The van der Waals surface area contributed by atoms with Crippen molar-refractivity contribution in [1.29, 1.82) is 0 Å². The van der Waals surface area contributed by atoms with Gasteiger partial charge >= 0.3 is 11.9 Å². The molecule has 36 heavy (non-hydrogen) atoms. The van der Waals surface area contributed by atoms with E-state index in [4.69, 9.17) is 9.88 Å². The smallest absolute Gasteiger partial charge is 0.410 e. The normalized spacial score (nSPS) is 14.0. The summed E-state index contributed by atoms with van der Waals surface area (Å²) in [6, 6.07) is 11.9. The number of hydrogen-bond donors (Lipinski definition) is 3. The molecule has 1 amide bonds. The number of amides is 1. The molecule has 0 saturated heterocycles. The van der Waals surface area contributed by atoms with Crippen LogP contribution < -0.4 is 20.5 Å². The second kappa shape index (κ2) is 8.80. The third kappa shape index (κ3) is 4.67. The van der Waals surface area contributed by atoms with Gasteiger partial charge in [-0.2, -0.15) is 13.2 Å². The number of sulfonamides is 1. The van der Waals surface area contributed by atoms with E-state index in [1.165, 1.54) is 37.4 Å². The van der Waals surface area contributed by atoms with Gasteiger partial charge in [0, 0.05) is 6.07 Å². The maximum Gasteiger partial charge on any atom is 0.410 e. The van der Waals surface area contributed by atoms with E-state index < -0.39 is 37.8 Å². The average molecular weight is 522 g/mol. The molecule has 14 heteroatoms. The monoisotopic (exact) mass is 522 g/mol. The predicted octanol–water partition coefficient (Wildman–Crippen LogP) is 4.47. The minimum Gasteiger partial charge on any atom is -0.490 e. The number of carbonyl (C=O) groups excluding carboxylic acids is 1. The highest BCUT2D eigenvalue weighted by Crippen LogP contribution is 2.42. The number of alkyl halides is 3. The first-order valence-electron chi connectivity index (χ1n) is 10.1. The summed E-state index contributed by atoms with van der Waals surface area (Å²) in [6.45, 7) is 0. The van der Waals surface area contributed by atoms with Crippen molar-refractivity contribution < 1.29 is 36.0 Å². The molecule has 4 rings (SSSR count). The number of halogens is 3. The quantitative estimate of drug-likeness (QED) is 0.330. The van der Waals surface area contributed by atoms with Gasteiger partial charge in [0.05, 0.1) is 34.7 Å². The molecule has 1 atom stereocenters. The topological polar surface area (TPSA) is 154 Å². The number of ether oxygens (including phenoxy) is 1. The number of anilines is 3. The Kier molecular flexibility index (Phi) is 6.10. The maximum atomic E-state index is 13.4. The van der Waals surface area contributed by atoms with Crippen LogP contribution in [-0.2, 0) is 10.0 Å². The van der Waals surface area contributed by atoms with E-state index >= 15 is 0 Å². The van der Waals surface area contributed by atoms with Crippen LogP contribution in [0.5, 0.6) is 5.75 Å². The van der Waals surface area contributed by atoms with E-state index in [0.717, 1.165) is 12.1 Å². The molecular weight excluding hydrogens is 505 g/mol. The number of rotatable bonds is 5.